The van der Waals surface area contributed by atoms with Crippen LogP contribution in [0, 0.1) is 11.8 Å². The predicted molar refractivity (Wildman–Crippen MR) is 52.0 cm³/mol. The Balaban J connectivity index is 2.71. The van der Waals surface area contributed by atoms with Gasteiger partial charge in [0.1, 0.15) is 0 Å². The maximum absolute atomic E-state index is 8.89. The third-order valence-corrected chi connectivity index (χ3v) is 2.93. The van der Waals surface area contributed by atoms with E-state index in [0.717, 1.165) is 12.3 Å². The van der Waals surface area contributed by atoms with Gasteiger partial charge < -0.3 is 5.11 Å². The van der Waals surface area contributed by atoms with Gasteiger partial charge in [0.2, 0.25) is 0 Å². The highest BCUT2D eigenvalue weighted by molar-refractivity contribution is 5.18. The van der Waals surface area contributed by atoms with Crippen LogP contribution < -0.4 is 0 Å². The molecule has 0 saturated carbocycles. The van der Waals surface area contributed by atoms with Gasteiger partial charge >= 0.3 is 0 Å². The highest BCUT2D eigenvalue weighted by atomic mass is 16.2. The van der Waals surface area contributed by atoms with E-state index in [1.807, 2.05) is 0 Å². The normalized spacial score (nSPS) is 31.0. The van der Waals surface area contributed by atoms with Gasteiger partial charge in [-0.25, -0.2) is 0 Å². The summed E-state index contributed by atoms with van der Waals surface area (Å²) in [5.41, 5.74) is 3.03. The van der Waals surface area contributed by atoms with E-state index >= 15 is 0 Å². The molecule has 0 bridgehead atoms. The number of rotatable bonds is 2. The maximum Gasteiger partial charge on any atom is 0.0468 e. The lowest BCUT2D eigenvalue weighted by Crippen LogP contribution is -2.15. The van der Waals surface area contributed by atoms with Crippen LogP contribution in [0.25, 0.3) is 0 Å². The Morgan fingerprint density at radius 3 is 2.58 bits per heavy atom. The Morgan fingerprint density at radius 2 is 2.08 bits per heavy atom. The van der Waals surface area contributed by atoms with Crippen molar-refractivity contribution in [2.24, 2.45) is 11.8 Å². The molecule has 1 heteroatoms. The molecule has 0 heterocycles. The van der Waals surface area contributed by atoms with E-state index in [4.69, 9.17) is 5.11 Å². The zero-order valence-electron chi connectivity index (χ0n) is 8.43. The first kappa shape index (κ1) is 9.79. The molecule has 0 fully saturated rings. The van der Waals surface area contributed by atoms with Crippen molar-refractivity contribution in [2.45, 2.75) is 40.0 Å². The van der Waals surface area contributed by atoms with Crippen molar-refractivity contribution in [1.82, 2.24) is 0 Å². The molecule has 0 aromatic heterocycles. The molecule has 0 aliphatic heterocycles. The van der Waals surface area contributed by atoms with E-state index in [1.54, 1.807) is 0 Å². The highest BCUT2D eigenvalue weighted by Gasteiger charge is 2.20. The van der Waals surface area contributed by atoms with Crippen molar-refractivity contribution in [3.63, 3.8) is 0 Å². The molecular weight excluding hydrogens is 148 g/mol. The van der Waals surface area contributed by atoms with Crippen LogP contribution in [0.15, 0.2) is 11.1 Å². The highest BCUT2D eigenvalue weighted by Crippen LogP contribution is 2.34. The summed E-state index contributed by atoms with van der Waals surface area (Å²) in [7, 11) is 0. The van der Waals surface area contributed by atoms with Crippen LogP contribution in [-0.2, 0) is 0 Å². The second kappa shape index (κ2) is 4.08. The summed E-state index contributed by atoms with van der Waals surface area (Å²) >= 11 is 0. The minimum Gasteiger partial charge on any atom is -0.396 e. The van der Waals surface area contributed by atoms with Crippen LogP contribution in [0.3, 0.4) is 0 Å². The van der Waals surface area contributed by atoms with Gasteiger partial charge in [0.15, 0.2) is 0 Å². The zero-order valence-corrected chi connectivity index (χ0v) is 8.43. The quantitative estimate of drug-likeness (QED) is 0.629. The summed E-state index contributed by atoms with van der Waals surface area (Å²) in [5, 5.41) is 8.89. The fourth-order valence-electron chi connectivity index (χ4n) is 2.48. The summed E-state index contributed by atoms with van der Waals surface area (Å²) in [4.78, 5) is 0. The Labute approximate surface area is 75.5 Å². The van der Waals surface area contributed by atoms with Crippen LogP contribution in [-0.4, -0.2) is 11.7 Å². The molecule has 1 N–H and O–H groups in total. The van der Waals surface area contributed by atoms with E-state index in [9.17, 15) is 0 Å². The predicted octanol–water partition coefficient (Wildman–Crippen LogP) is 2.75. The summed E-state index contributed by atoms with van der Waals surface area (Å²) in [6.07, 6.45) is 3.42. The van der Waals surface area contributed by atoms with E-state index in [-0.39, 0.29) is 0 Å². The van der Waals surface area contributed by atoms with Crippen LogP contribution >= 0.6 is 0 Å². The van der Waals surface area contributed by atoms with Crippen LogP contribution in [0.1, 0.15) is 40.0 Å². The number of aliphatic hydroxyl groups excluding tert-OH is 1. The fraction of sp³-hybridized carbons (Fsp3) is 0.818. The molecule has 0 saturated heterocycles. The first-order valence-electron chi connectivity index (χ1n) is 4.94. The number of allylic oxidation sites excluding steroid dienone is 1. The van der Waals surface area contributed by atoms with Gasteiger partial charge in [-0.05, 0) is 38.0 Å². The Kier molecular flexibility index (Phi) is 3.33. The number of aliphatic hydroxyl groups is 1. The molecule has 12 heavy (non-hydrogen) atoms. The Morgan fingerprint density at radius 1 is 1.42 bits per heavy atom. The van der Waals surface area contributed by atoms with E-state index < -0.39 is 0 Å². The van der Waals surface area contributed by atoms with Crippen LogP contribution in [0.2, 0.25) is 0 Å². The fourth-order valence-corrected chi connectivity index (χ4v) is 2.48. The largest absolute Gasteiger partial charge is 0.396 e. The molecule has 1 rings (SSSR count). The third kappa shape index (κ3) is 2.10. The standard InChI is InChI=1S/C11H20O/c1-8-6-9(2)11(4-5-12)10(3)7-8/h8-9,12H,4-7H2,1-3H3/t8-,9+/m0/s1. The molecule has 0 amide bonds. The number of hydrogen-bond donors (Lipinski definition) is 1. The molecule has 1 aliphatic carbocycles. The van der Waals surface area contributed by atoms with Gasteiger partial charge in [-0.3, -0.25) is 0 Å². The van der Waals surface area contributed by atoms with Crippen molar-refractivity contribution >= 4 is 0 Å². The van der Waals surface area contributed by atoms with Crippen molar-refractivity contribution in [3.8, 4) is 0 Å². The Hall–Kier alpha value is -0.300. The molecule has 1 nitrogen and oxygen atoms in total. The van der Waals surface area contributed by atoms with Crippen molar-refractivity contribution in [3.05, 3.63) is 11.1 Å². The van der Waals surface area contributed by atoms with Crippen LogP contribution in [0.5, 0.6) is 0 Å². The van der Waals surface area contributed by atoms with Gasteiger partial charge in [0.25, 0.3) is 0 Å². The average molecular weight is 168 g/mol. The smallest absolute Gasteiger partial charge is 0.0468 e. The first-order chi connectivity index (χ1) is 5.65. The van der Waals surface area contributed by atoms with Crippen molar-refractivity contribution < 1.29 is 5.11 Å². The molecular formula is C11H20O. The van der Waals surface area contributed by atoms with E-state index in [0.29, 0.717) is 12.5 Å². The van der Waals surface area contributed by atoms with Gasteiger partial charge in [-0.15, -0.1) is 0 Å². The van der Waals surface area contributed by atoms with Crippen molar-refractivity contribution in [1.29, 1.82) is 0 Å². The molecule has 0 aromatic carbocycles. The minimum atomic E-state index is 0.311. The molecule has 70 valence electrons. The lowest BCUT2D eigenvalue weighted by atomic mass is 9.78. The summed E-state index contributed by atoms with van der Waals surface area (Å²) < 4.78 is 0. The average Bonchev–Trinajstić information content (AvgIpc) is 1.96. The summed E-state index contributed by atoms with van der Waals surface area (Å²) in [6.45, 7) is 7.13. The monoisotopic (exact) mass is 168 g/mol. The van der Waals surface area contributed by atoms with E-state index in [1.165, 1.54) is 24.0 Å². The maximum atomic E-state index is 8.89. The molecule has 0 spiro atoms. The molecule has 2 atom stereocenters. The molecule has 1 aliphatic rings. The second-order valence-corrected chi connectivity index (χ2v) is 4.23. The first-order valence-corrected chi connectivity index (χ1v) is 4.94. The molecule has 0 radical (unpaired) electrons. The topological polar surface area (TPSA) is 20.2 Å². The van der Waals surface area contributed by atoms with E-state index in [2.05, 4.69) is 20.8 Å². The van der Waals surface area contributed by atoms with Gasteiger partial charge in [0.05, 0.1) is 0 Å². The lowest BCUT2D eigenvalue weighted by Gasteiger charge is -2.28. The second-order valence-electron chi connectivity index (χ2n) is 4.23. The SMILES string of the molecule is CC1=C(CCO)[C@H](C)C[C@H](C)C1. The number of hydrogen-bond acceptors (Lipinski definition) is 1. The van der Waals surface area contributed by atoms with Gasteiger partial charge in [0, 0.05) is 6.61 Å². The third-order valence-electron chi connectivity index (χ3n) is 2.93. The van der Waals surface area contributed by atoms with Crippen LogP contribution in [0.4, 0.5) is 0 Å². The summed E-state index contributed by atoms with van der Waals surface area (Å²) in [6, 6.07) is 0. The Bertz CT molecular complexity index is 181. The van der Waals surface area contributed by atoms with Gasteiger partial charge in [-0.1, -0.05) is 25.0 Å². The molecule has 0 aromatic rings. The summed E-state index contributed by atoms with van der Waals surface area (Å²) in [5.74, 6) is 1.53. The minimum absolute atomic E-state index is 0.311. The lowest BCUT2D eigenvalue weighted by molar-refractivity contribution is 0.286. The van der Waals surface area contributed by atoms with Crippen molar-refractivity contribution in [2.75, 3.05) is 6.61 Å². The zero-order chi connectivity index (χ0) is 9.14. The molecule has 0 unspecified atom stereocenters. The van der Waals surface area contributed by atoms with Gasteiger partial charge in [-0.2, -0.15) is 0 Å².